The third kappa shape index (κ3) is 5.16. The molecule has 1 aromatic heterocycles. The van der Waals surface area contributed by atoms with Gasteiger partial charge in [-0.15, -0.1) is 5.53 Å². The van der Waals surface area contributed by atoms with Crippen molar-refractivity contribution in [3.8, 4) is 6.07 Å². The Bertz CT molecular complexity index is 1360. The van der Waals surface area contributed by atoms with Crippen LogP contribution in [0.15, 0.2) is 54.5 Å². The largest absolute Gasteiger partial charge is 0.373 e. The van der Waals surface area contributed by atoms with E-state index in [0.29, 0.717) is 33.2 Å². The fourth-order valence-corrected chi connectivity index (χ4v) is 4.28. The summed E-state index contributed by atoms with van der Waals surface area (Å²) >= 11 is 6.67. The van der Waals surface area contributed by atoms with Crippen molar-refractivity contribution in [2.75, 3.05) is 10.7 Å². The van der Waals surface area contributed by atoms with Crippen LogP contribution in [0, 0.1) is 17.1 Å². The minimum atomic E-state index is -0.313. The number of benzene rings is 2. The molecule has 1 atom stereocenters. The molecule has 5 N–H and O–H groups in total. The van der Waals surface area contributed by atoms with Crippen molar-refractivity contribution in [3.63, 3.8) is 0 Å². The average Bonchev–Trinajstić information content (AvgIpc) is 3.58. The first-order valence-corrected chi connectivity index (χ1v) is 12.2. The maximum atomic E-state index is 13.7. The van der Waals surface area contributed by atoms with Crippen molar-refractivity contribution in [1.82, 2.24) is 26.4 Å². The van der Waals surface area contributed by atoms with Gasteiger partial charge in [-0.2, -0.15) is 5.26 Å². The van der Waals surface area contributed by atoms with Gasteiger partial charge < -0.3 is 16.2 Å². The molecule has 2 aromatic carbocycles. The highest BCUT2D eigenvalue weighted by Gasteiger charge is 2.32. The summed E-state index contributed by atoms with van der Waals surface area (Å²) in [6.07, 6.45) is 5.83. The van der Waals surface area contributed by atoms with Crippen LogP contribution in [0.1, 0.15) is 50.8 Å². The molecule has 1 saturated carbocycles. The molecule has 2 heterocycles. The van der Waals surface area contributed by atoms with Crippen molar-refractivity contribution < 1.29 is 4.39 Å². The van der Waals surface area contributed by atoms with Gasteiger partial charge in [-0.3, -0.25) is 9.99 Å². The van der Waals surface area contributed by atoms with Crippen molar-refractivity contribution in [2.45, 2.75) is 51.2 Å². The minimum Gasteiger partial charge on any atom is -0.373 e. The van der Waals surface area contributed by atoms with E-state index in [-0.39, 0.29) is 17.4 Å². The minimum absolute atomic E-state index is 0.239. The summed E-state index contributed by atoms with van der Waals surface area (Å²) in [6.45, 7) is 6.05. The fourth-order valence-electron chi connectivity index (χ4n) is 4.01. The van der Waals surface area contributed by atoms with Crippen LogP contribution in [0.4, 0.5) is 15.8 Å². The van der Waals surface area contributed by atoms with Gasteiger partial charge in [0, 0.05) is 35.1 Å². The first-order valence-electron chi connectivity index (χ1n) is 11.8. The van der Waals surface area contributed by atoms with Gasteiger partial charge in [0.05, 0.1) is 33.5 Å². The Balaban J connectivity index is 1.55. The Kier molecular flexibility index (Phi) is 6.35. The molecule has 5 rings (SSSR count). The lowest BCUT2D eigenvalue weighted by atomic mass is 10.0. The zero-order valence-corrected chi connectivity index (χ0v) is 21.0. The molecule has 36 heavy (non-hydrogen) atoms. The van der Waals surface area contributed by atoms with Crippen molar-refractivity contribution in [3.05, 3.63) is 76.5 Å². The number of hydrogen-bond acceptors (Lipinski definition) is 8. The number of hydrazine groups is 3. The Morgan fingerprint density at radius 2 is 1.97 bits per heavy atom. The predicted octanol–water partition coefficient (Wildman–Crippen LogP) is 5.10. The van der Waals surface area contributed by atoms with Gasteiger partial charge in [0.2, 0.25) is 0 Å². The van der Waals surface area contributed by atoms with Crippen LogP contribution in [0.5, 0.6) is 0 Å². The van der Waals surface area contributed by atoms with Crippen LogP contribution in [0.2, 0.25) is 5.02 Å². The highest BCUT2D eigenvalue weighted by Crippen LogP contribution is 2.36. The monoisotopic (exact) mass is 506 g/mol. The van der Waals surface area contributed by atoms with E-state index >= 15 is 0 Å². The van der Waals surface area contributed by atoms with Crippen LogP contribution in [-0.2, 0) is 0 Å². The molecule has 0 spiro atoms. The van der Waals surface area contributed by atoms with E-state index < -0.39 is 0 Å². The summed E-state index contributed by atoms with van der Waals surface area (Å²) in [5.74, 6) is -0.297. The lowest BCUT2D eigenvalue weighted by molar-refractivity contribution is 0.260. The Morgan fingerprint density at radius 3 is 2.64 bits per heavy atom. The molecule has 186 valence electrons. The van der Waals surface area contributed by atoms with Gasteiger partial charge in [-0.05, 0) is 63.4 Å². The first kappa shape index (κ1) is 24.1. The number of pyridine rings is 1. The molecule has 1 aliphatic heterocycles. The Hall–Kier alpha value is -3.58. The zero-order chi connectivity index (χ0) is 25.4. The smallest absolute Gasteiger partial charge is 0.123 e. The normalized spacial score (nSPS) is 16.3. The van der Waals surface area contributed by atoms with E-state index in [1.165, 1.54) is 18.3 Å². The highest BCUT2D eigenvalue weighted by atomic mass is 35.5. The lowest BCUT2D eigenvalue weighted by Crippen LogP contribution is -2.40. The number of aromatic nitrogens is 1. The third-order valence-electron chi connectivity index (χ3n) is 5.98. The molecule has 10 heteroatoms. The van der Waals surface area contributed by atoms with Gasteiger partial charge in [0.15, 0.2) is 0 Å². The maximum absolute atomic E-state index is 13.7. The number of nitrogens with one attached hydrogen (secondary N) is 5. The Labute approximate surface area is 214 Å². The van der Waals surface area contributed by atoms with E-state index in [2.05, 4.69) is 43.2 Å². The molecule has 0 amide bonds. The SMILES string of the molecule is CC(C)(C)NNc1c(C#N)cnc2c(Cl)cc(NC(C3=CN(C4CC4)NN3)c3ccc(F)cc3)cc12. The molecule has 1 fully saturated rings. The molecular weight excluding hydrogens is 479 g/mol. The number of nitriles is 1. The topological polar surface area (TPSA) is 100 Å². The first-order chi connectivity index (χ1) is 17.2. The fraction of sp³-hybridized carbons (Fsp3) is 0.308. The van der Waals surface area contributed by atoms with Crippen LogP contribution in [-0.4, -0.2) is 21.6 Å². The van der Waals surface area contributed by atoms with Crippen molar-refractivity contribution in [2.24, 2.45) is 0 Å². The standard InChI is InChI=1S/C26H28ClFN8/c1-26(2,3)34-33-23-16(12-29)13-30-25-20(23)10-18(11-21(25)27)31-24(15-4-6-17(28)7-5-15)22-14-36(35-32-22)19-8-9-19/h4-7,10-11,13-14,19,24,31-32,34-35H,8-9H2,1-3H3,(H,30,33). The summed E-state index contributed by atoms with van der Waals surface area (Å²) in [7, 11) is 0. The molecule has 1 aliphatic carbocycles. The van der Waals surface area contributed by atoms with E-state index in [1.54, 1.807) is 12.1 Å². The van der Waals surface area contributed by atoms with Gasteiger partial charge in [0.25, 0.3) is 0 Å². The van der Waals surface area contributed by atoms with Gasteiger partial charge in [-0.25, -0.2) is 9.82 Å². The van der Waals surface area contributed by atoms with Gasteiger partial charge in [-0.1, -0.05) is 23.7 Å². The summed E-state index contributed by atoms with van der Waals surface area (Å²) in [6, 6.07) is 12.5. The second-order valence-corrected chi connectivity index (χ2v) is 10.5. The van der Waals surface area contributed by atoms with Crippen LogP contribution >= 0.6 is 11.6 Å². The predicted molar refractivity (Wildman–Crippen MR) is 140 cm³/mol. The summed E-state index contributed by atoms with van der Waals surface area (Å²) < 4.78 is 13.7. The molecule has 1 unspecified atom stereocenters. The number of rotatable bonds is 7. The molecular formula is C26H28ClFN8. The zero-order valence-electron chi connectivity index (χ0n) is 20.3. The molecule has 0 radical (unpaired) electrons. The number of halogens is 2. The van der Waals surface area contributed by atoms with Crippen molar-refractivity contribution in [1.29, 1.82) is 5.26 Å². The maximum Gasteiger partial charge on any atom is 0.123 e. The lowest BCUT2D eigenvalue weighted by Gasteiger charge is -2.24. The van der Waals surface area contributed by atoms with Crippen LogP contribution < -0.4 is 27.1 Å². The van der Waals surface area contributed by atoms with Crippen molar-refractivity contribution >= 4 is 33.9 Å². The molecule has 0 bridgehead atoms. The van der Waals surface area contributed by atoms with E-state index in [0.717, 1.165) is 29.8 Å². The second-order valence-electron chi connectivity index (χ2n) is 10.1. The van der Waals surface area contributed by atoms with Crippen LogP contribution in [0.25, 0.3) is 10.9 Å². The summed E-state index contributed by atoms with van der Waals surface area (Å²) in [4.78, 5) is 4.43. The molecule has 8 nitrogen and oxygen atoms in total. The molecule has 2 aliphatic rings. The number of fused-ring (bicyclic) bond motifs is 1. The number of hydrogen-bond donors (Lipinski definition) is 5. The van der Waals surface area contributed by atoms with Crippen LogP contribution in [0.3, 0.4) is 0 Å². The average molecular weight is 507 g/mol. The summed E-state index contributed by atoms with van der Waals surface area (Å²) in [5.41, 5.74) is 16.7. The third-order valence-corrected chi connectivity index (χ3v) is 6.27. The number of anilines is 2. The van der Waals surface area contributed by atoms with E-state index in [1.807, 2.05) is 39.1 Å². The molecule has 0 saturated heterocycles. The van der Waals surface area contributed by atoms with Gasteiger partial charge >= 0.3 is 0 Å². The highest BCUT2D eigenvalue weighted by molar-refractivity contribution is 6.35. The quantitative estimate of drug-likeness (QED) is 0.282. The van der Waals surface area contributed by atoms with E-state index in [9.17, 15) is 9.65 Å². The molecule has 3 aromatic rings. The number of nitrogens with zero attached hydrogens (tertiary/aromatic N) is 3. The second kappa shape index (κ2) is 9.47. The van der Waals surface area contributed by atoms with E-state index in [4.69, 9.17) is 11.6 Å². The van der Waals surface area contributed by atoms with Gasteiger partial charge in [0.1, 0.15) is 11.9 Å². The Morgan fingerprint density at radius 1 is 1.22 bits per heavy atom. The summed E-state index contributed by atoms with van der Waals surface area (Å²) in [5, 5.41) is 16.5.